The highest BCUT2D eigenvalue weighted by atomic mass is 35.5. The standard InChI is InChI=1S/C21H25ClO10/c1-11(23)27-10-17-18(28-12(2)24)19(29-13(3)25)20(30-14(4)26)21(32-17)31-16-7-5-15(9-22)6-8-16/h5-8,17-21H,9-10H2,1-4H3/t17-,18-,19+,20-,21+/m1/s1. The zero-order valence-corrected chi connectivity index (χ0v) is 18.8. The number of carbonyl (C=O) groups excluding carboxylic acids is 4. The summed E-state index contributed by atoms with van der Waals surface area (Å²) in [5, 5.41) is 0. The minimum atomic E-state index is -1.29. The first-order valence-electron chi connectivity index (χ1n) is 9.72. The van der Waals surface area contributed by atoms with E-state index in [9.17, 15) is 19.2 Å². The van der Waals surface area contributed by atoms with Gasteiger partial charge in [0.2, 0.25) is 12.4 Å². The van der Waals surface area contributed by atoms with Gasteiger partial charge in [-0.05, 0) is 17.7 Å². The molecule has 10 nitrogen and oxygen atoms in total. The summed E-state index contributed by atoms with van der Waals surface area (Å²) in [6, 6.07) is 6.72. The maximum absolute atomic E-state index is 11.8. The Kier molecular flexibility index (Phi) is 9.27. The molecule has 2 rings (SSSR count). The number of carbonyl (C=O) groups is 4. The van der Waals surface area contributed by atoms with E-state index in [-0.39, 0.29) is 6.61 Å². The summed E-state index contributed by atoms with van der Waals surface area (Å²) in [6.07, 6.45) is -6.18. The molecule has 0 unspecified atom stereocenters. The molecule has 176 valence electrons. The summed E-state index contributed by atoms with van der Waals surface area (Å²) in [5.74, 6) is -2.08. The quantitative estimate of drug-likeness (QED) is 0.314. The molecule has 1 aromatic rings. The van der Waals surface area contributed by atoms with E-state index in [1.165, 1.54) is 6.92 Å². The van der Waals surface area contributed by atoms with E-state index in [0.29, 0.717) is 11.6 Å². The lowest BCUT2D eigenvalue weighted by Crippen LogP contribution is -2.63. The molecule has 5 atom stereocenters. The van der Waals surface area contributed by atoms with Gasteiger partial charge in [-0.1, -0.05) is 12.1 Å². The number of alkyl halides is 1. The van der Waals surface area contributed by atoms with Crippen LogP contribution in [-0.2, 0) is 48.7 Å². The van der Waals surface area contributed by atoms with Gasteiger partial charge in [-0.15, -0.1) is 11.6 Å². The van der Waals surface area contributed by atoms with E-state index in [4.69, 9.17) is 40.0 Å². The first kappa shape index (κ1) is 25.4. The lowest BCUT2D eigenvalue weighted by Gasteiger charge is -2.43. The van der Waals surface area contributed by atoms with E-state index in [1.807, 2.05) is 0 Å². The Labute approximate surface area is 190 Å². The highest BCUT2D eigenvalue weighted by molar-refractivity contribution is 6.17. The smallest absolute Gasteiger partial charge is 0.303 e. The van der Waals surface area contributed by atoms with Gasteiger partial charge in [-0.3, -0.25) is 19.2 Å². The monoisotopic (exact) mass is 472 g/mol. The van der Waals surface area contributed by atoms with Crippen LogP contribution >= 0.6 is 11.6 Å². The van der Waals surface area contributed by atoms with Crippen LogP contribution < -0.4 is 4.74 Å². The molecule has 0 spiro atoms. The van der Waals surface area contributed by atoms with Gasteiger partial charge in [0.1, 0.15) is 18.5 Å². The van der Waals surface area contributed by atoms with Crippen LogP contribution in [0.4, 0.5) is 0 Å². The second-order valence-corrected chi connectivity index (χ2v) is 7.23. The molecule has 0 aliphatic carbocycles. The maximum Gasteiger partial charge on any atom is 0.303 e. The van der Waals surface area contributed by atoms with Crippen LogP contribution in [0.15, 0.2) is 24.3 Å². The summed E-state index contributed by atoms with van der Waals surface area (Å²) in [7, 11) is 0. The van der Waals surface area contributed by atoms with Gasteiger partial charge in [0.05, 0.1) is 0 Å². The number of rotatable bonds is 8. The SMILES string of the molecule is CC(=O)OC[C@H]1O[C@H](Oc2ccc(CCl)cc2)[C@H](OC(C)=O)[C@@H](OC(C)=O)[C@@H]1OC(C)=O. The number of halogens is 1. The molecule has 1 heterocycles. The third-order valence-electron chi connectivity index (χ3n) is 4.28. The van der Waals surface area contributed by atoms with Crippen LogP contribution in [0.2, 0.25) is 0 Å². The van der Waals surface area contributed by atoms with Crippen molar-refractivity contribution in [3.63, 3.8) is 0 Å². The second-order valence-electron chi connectivity index (χ2n) is 6.96. The lowest BCUT2D eigenvalue weighted by molar-refractivity contribution is -0.288. The van der Waals surface area contributed by atoms with Crippen LogP contribution in [0.25, 0.3) is 0 Å². The van der Waals surface area contributed by atoms with Crippen LogP contribution in [0.3, 0.4) is 0 Å². The molecule has 1 saturated heterocycles. The van der Waals surface area contributed by atoms with Gasteiger partial charge < -0.3 is 28.4 Å². The third-order valence-corrected chi connectivity index (χ3v) is 4.59. The number of ether oxygens (including phenoxy) is 6. The van der Waals surface area contributed by atoms with Gasteiger partial charge in [-0.2, -0.15) is 0 Å². The average Bonchev–Trinajstić information content (AvgIpc) is 2.70. The molecular weight excluding hydrogens is 448 g/mol. The van der Waals surface area contributed by atoms with Gasteiger partial charge in [0.25, 0.3) is 0 Å². The third kappa shape index (κ3) is 7.38. The van der Waals surface area contributed by atoms with E-state index in [0.717, 1.165) is 26.3 Å². The Balaban J connectivity index is 2.42. The molecule has 32 heavy (non-hydrogen) atoms. The average molecular weight is 473 g/mol. The number of benzene rings is 1. The summed E-state index contributed by atoms with van der Waals surface area (Å²) in [5.41, 5.74) is 0.848. The second kappa shape index (κ2) is 11.7. The molecule has 11 heteroatoms. The van der Waals surface area contributed by atoms with Crippen molar-refractivity contribution in [3.8, 4) is 5.75 Å². The molecule has 0 saturated carbocycles. The molecule has 0 bridgehead atoms. The molecule has 1 aromatic carbocycles. The van der Waals surface area contributed by atoms with Crippen LogP contribution in [0.5, 0.6) is 5.75 Å². The highest BCUT2D eigenvalue weighted by Gasteiger charge is 2.53. The summed E-state index contributed by atoms with van der Waals surface area (Å²) in [6.45, 7) is 4.32. The zero-order chi connectivity index (χ0) is 23.8. The zero-order valence-electron chi connectivity index (χ0n) is 18.1. The first-order chi connectivity index (χ1) is 15.1. The van der Waals surface area contributed by atoms with E-state index < -0.39 is 54.6 Å². The van der Waals surface area contributed by atoms with Crippen LogP contribution in [0, 0.1) is 0 Å². The van der Waals surface area contributed by atoms with Crippen molar-refractivity contribution in [2.75, 3.05) is 6.61 Å². The minimum absolute atomic E-state index is 0.305. The van der Waals surface area contributed by atoms with Crippen molar-refractivity contribution < 1.29 is 47.6 Å². The topological polar surface area (TPSA) is 124 Å². The fourth-order valence-corrected chi connectivity index (χ4v) is 3.25. The summed E-state index contributed by atoms with van der Waals surface area (Å²) >= 11 is 5.80. The Morgan fingerprint density at radius 3 is 1.84 bits per heavy atom. The van der Waals surface area contributed by atoms with Gasteiger partial charge in [0, 0.05) is 33.6 Å². The normalized spacial score (nSPS) is 24.7. The summed E-state index contributed by atoms with van der Waals surface area (Å²) < 4.78 is 32.7. The van der Waals surface area contributed by atoms with Gasteiger partial charge in [0.15, 0.2) is 12.2 Å². The van der Waals surface area contributed by atoms with Gasteiger partial charge >= 0.3 is 23.9 Å². The minimum Gasteiger partial charge on any atom is -0.463 e. The fourth-order valence-electron chi connectivity index (χ4n) is 3.07. The van der Waals surface area contributed by atoms with Crippen molar-refractivity contribution >= 4 is 35.5 Å². The molecule has 1 fully saturated rings. The Morgan fingerprint density at radius 1 is 0.812 bits per heavy atom. The Morgan fingerprint density at radius 2 is 1.34 bits per heavy atom. The van der Waals surface area contributed by atoms with E-state index >= 15 is 0 Å². The van der Waals surface area contributed by atoms with Crippen molar-refractivity contribution in [2.24, 2.45) is 0 Å². The maximum atomic E-state index is 11.8. The molecule has 1 aliphatic rings. The lowest BCUT2D eigenvalue weighted by atomic mass is 9.98. The van der Waals surface area contributed by atoms with Crippen molar-refractivity contribution in [2.45, 2.75) is 64.3 Å². The molecule has 1 aliphatic heterocycles. The number of hydrogen-bond donors (Lipinski definition) is 0. The first-order valence-corrected chi connectivity index (χ1v) is 10.3. The largest absolute Gasteiger partial charge is 0.463 e. The molecule has 0 amide bonds. The predicted molar refractivity (Wildman–Crippen MR) is 109 cm³/mol. The van der Waals surface area contributed by atoms with E-state index in [1.54, 1.807) is 24.3 Å². The molecular formula is C21H25ClO10. The van der Waals surface area contributed by atoms with Crippen LogP contribution in [-0.4, -0.2) is 61.2 Å². The van der Waals surface area contributed by atoms with Crippen molar-refractivity contribution in [3.05, 3.63) is 29.8 Å². The number of esters is 4. The highest BCUT2D eigenvalue weighted by Crippen LogP contribution is 2.31. The van der Waals surface area contributed by atoms with E-state index in [2.05, 4.69) is 0 Å². The van der Waals surface area contributed by atoms with Crippen molar-refractivity contribution in [1.82, 2.24) is 0 Å². The summed E-state index contributed by atoms with van der Waals surface area (Å²) in [4.78, 5) is 46.6. The predicted octanol–water partition coefficient (Wildman–Crippen LogP) is 1.89. The van der Waals surface area contributed by atoms with Crippen molar-refractivity contribution in [1.29, 1.82) is 0 Å². The molecule has 0 N–H and O–H groups in total. The van der Waals surface area contributed by atoms with Gasteiger partial charge in [-0.25, -0.2) is 0 Å². The number of hydrogen-bond acceptors (Lipinski definition) is 10. The molecule has 0 aromatic heterocycles. The Bertz CT molecular complexity index is 824. The fraction of sp³-hybridized carbons (Fsp3) is 0.524. The molecule has 0 radical (unpaired) electrons. The van der Waals surface area contributed by atoms with Crippen LogP contribution in [0.1, 0.15) is 33.3 Å². The Hall–Kier alpha value is -2.85.